The molecule has 104 valence electrons. The van der Waals surface area contributed by atoms with Crippen LogP contribution in [-0.4, -0.2) is 41.1 Å². The second-order valence-corrected chi connectivity index (χ2v) is 6.57. The van der Waals surface area contributed by atoms with Crippen LogP contribution in [-0.2, 0) is 4.79 Å². The first-order valence-corrected chi connectivity index (χ1v) is 8.63. The fraction of sp³-hybridized carbons (Fsp3) is 0.929. The molecule has 1 aliphatic heterocycles. The molecular formula is C14H26N2OS. The van der Waals surface area contributed by atoms with E-state index < -0.39 is 0 Å². The lowest BCUT2D eigenvalue weighted by atomic mass is 9.93. The molecule has 3 atom stereocenters. The van der Waals surface area contributed by atoms with E-state index in [1.54, 1.807) is 0 Å². The summed E-state index contributed by atoms with van der Waals surface area (Å²) in [7, 11) is 0. The van der Waals surface area contributed by atoms with E-state index in [0.717, 1.165) is 19.5 Å². The summed E-state index contributed by atoms with van der Waals surface area (Å²) in [4.78, 5) is 14.6. The Hall–Kier alpha value is -0.220. The number of nitrogens with one attached hydrogen (secondary N) is 1. The summed E-state index contributed by atoms with van der Waals surface area (Å²) < 4.78 is 0. The predicted octanol–water partition coefficient (Wildman–Crippen LogP) is 2.61. The zero-order valence-electron chi connectivity index (χ0n) is 11.7. The second kappa shape index (κ2) is 6.80. The van der Waals surface area contributed by atoms with E-state index in [0.29, 0.717) is 17.2 Å². The fourth-order valence-electron chi connectivity index (χ4n) is 3.20. The zero-order chi connectivity index (χ0) is 13.0. The van der Waals surface area contributed by atoms with Gasteiger partial charge >= 0.3 is 0 Å². The van der Waals surface area contributed by atoms with Gasteiger partial charge in [-0.1, -0.05) is 32.6 Å². The van der Waals surface area contributed by atoms with Gasteiger partial charge in [0.1, 0.15) is 0 Å². The summed E-state index contributed by atoms with van der Waals surface area (Å²) >= 11 is 1.94. The van der Waals surface area contributed by atoms with Crippen molar-refractivity contribution in [1.82, 2.24) is 10.2 Å². The van der Waals surface area contributed by atoms with E-state index in [2.05, 4.69) is 23.4 Å². The highest BCUT2D eigenvalue weighted by atomic mass is 32.2. The normalized spacial score (nSPS) is 33.1. The summed E-state index contributed by atoms with van der Waals surface area (Å²) in [6, 6.07) is 0.565. The third-order valence-corrected chi connectivity index (χ3v) is 5.46. The Labute approximate surface area is 115 Å². The predicted molar refractivity (Wildman–Crippen MR) is 77.7 cm³/mol. The van der Waals surface area contributed by atoms with Crippen LogP contribution >= 0.6 is 11.8 Å². The number of rotatable bonds is 5. The largest absolute Gasteiger partial charge is 0.324 e. The maximum atomic E-state index is 12.4. The molecule has 0 radical (unpaired) electrons. The minimum atomic E-state index is 0.0920. The number of unbranched alkanes of at least 4 members (excludes halogenated alkanes) is 1. The van der Waals surface area contributed by atoms with Crippen molar-refractivity contribution in [3.63, 3.8) is 0 Å². The molecule has 2 fully saturated rings. The van der Waals surface area contributed by atoms with Crippen LogP contribution in [0.5, 0.6) is 0 Å². The smallest absolute Gasteiger partial charge is 0.241 e. The van der Waals surface area contributed by atoms with Crippen molar-refractivity contribution in [1.29, 1.82) is 0 Å². The van der Waals surface area contributed by atoms with Gasteiger partial charge in [-0.05, 0) is 25.5 Å². The maximum absolute atomic E-state index is 12.4. The highest BCUT2D eigenvalue weighted by molar-refractivity contribution is 7.99. The van der Waals surface area contributed by atoms with E-state index in [1.165, 1.54) is 32.1 Å². The van der Waals surface area contributed by atoms with Crippen molar-refractivity contribution in [2.45, 2.75) is 69.2 Å². The number of thioether (sulfide) groups is 1. The van der Waals surface area contributed by atoms with Crippen LogP contribution in [0.25, 0.3) is 0 Å². The van der Waals surface area contributed by atoms with Crippen LogP contribution in [0.15, 0.2) is 0 Å². The molecule has 1 amide bonds. The standard InChI is InChI=1S/C14H26N2OS/c1-3-4-7-11-14(17)16(10-15-11)12-8-5-6-9-13(12)18-2/h11-13,15H,3-10H2,1-2H3. The number of nitrogens with zero attached hydrogens (tertiary/aromatic N) is 1. The lowest BCUT2D eigenvalue weighted by molar-refractivity contribution is -0.131. The Balaban J connectivity index is 1.94. The van der Waals surface area contributed by atoms with Gasteiger partial charge in [0.15, 0.2) is 0 Å². The van der Waals surface area contributed by atoms with Crippen LogP contribution in [0.4, 0.5) is 0 Å². The van der Waals surface area contributed by atoms with Crippen molar-refractivity contribution in [2.24, 2.45) is 0 Å². The van der Waals surface area contributed by atoms with Gasteiger partial charge in [-0.25, -0.2) is 0 Å². The van der Waals surface area contributed by atoms with Crippen molar-refractivity contribution in [3.8, 4) is 0 Å². The molecule has 3 unspecified atom stereocenters. The molecule has 2 aliphatic rings. The monoisotopic (exact) mass is 270 g/mol. The molecule has 1 N–H and O–H groups in total. The lowest BCUT2D eigenvalue weighted by Crippen LogP contribution is -2.46. The first-order chi connectivity index (χ1) is 8.77. The summed E-state index contributed by atoms with van der Waals surface area (Å²) in [5, 5.41) is 4.05. The van der Waals surface area contributed by atoms with Gasteiger partial charge < -0.3 is 4.90 Å². The first kappa shape index (κ1) is 14.2. The Bertz CT molecular complexity index is 285. The van der Waals surface area contributed by atoms with Crippen molar-refractivity contribution >= 4 is 17.7 Å². The van der Waals surface area contributed by atoms with Crippen LogP contribution in [0.2, 0.25) is 0 Å². The molecule has 1 heterocycles. The molecule has 1 saturated carbocycles. The molecule has 18 heavy (non-hydrogen) atoms. The van der Waals surface area contributed by atoms with Gasteiger partial charge in [-0.15, -0.1) is 0 Å². The Kier molecular flexibility index (Phi) is 5.37. The van der Waals surface area contributed by atoms with Crippen molar-refractivity contribution in [3.05, 3.63) is 0 Å². The molecule has 1 saturated heterocycles. The Morgan fingerprint density at radius 1 is 1.39 bits per heavy atom. The fourth-order valence-corrected chi connectivity index (χ4v) is 4.20. The molecule has 1 aliphatic carbocycles. The molecule has 4 heteroatoms. The van der Waals surface area contributed by atoms with Gasteiger partial charge in [-0.2, -0.15) is 11.8 Å². The zero-order valence-corrected chi connectivity index (χ0v) is 12.5. The second-order valence-electron chi connectivity index (χ2n) is 5.49. The number of hydrogen-bond acceptors (Lipinski definition) is 3. The van der Waals surface area contributed by atoms with Gasteiger partial charge in [0.2, 0.25) is 5.91 Å². The van der Waals surface area contributed by atoms with Crippen LogP contribution in [0.3, 0.4) is 0 Å². The van der Waals surface area contributed by atoms with Crippen molar-refractivity contribution in [2.75, 3.05) is 12.9 Å². The summed E-state index contributed by atoms with van der Waals surface area (Å²) in [5.74, 6) is 0.356. The molecule has 2 rings (SSSR count). The third-order valence-electron chi connectivity index (χ3n) is 4.31. The van der Waals surface area contributed by atoms with E-state index in [4.69, 9.17) is 0 Å². The van der Waals surface area contributed by atoms with Gasteiger partial charge in [0.05, 0.1) is 12.7 Å². The third kappa shape index (κ3) is 3.02. The summed E-state index contributed by atoms with van der Waals surface area (Å²) in [6.45, 7) is 2.96. The van der Waals surface area contributed by atoms with E-state index in [1.807, 2.05) is 11.8 Å². The quantitative estimate of drug-likeness (QED) is 0.833. The Morgan fingerprint density at radius 2 is 2.17 bits per heavy atom. The van der Waals surface area contributed by atoms with Gasteiger partial charge in [0, 0.05) is 11.3 Å². The van der Waals surface area contributed by atoms with Gasteiger partial charge in [0.25, 0.3) is 0 Å². The van der Waals surface area contributed by atoms with E-state index in [9.17, 15) is 4.79 Å². The maximum Gasteiger partial charge on any atom is 0.241 e. The Morgan fingerprint density at radius 3 is 2.89 bits per heavy atom. The molecule has 0 aromatic carbocycles. The minimum absolute atomic E-state index is 0.0920. The van der Waals surface area contributed by atoms with Crippen LogP contribution in [0.1, 0.15) is 51.9 Å². The molecule has 0 spiro atoms. The highest BCUT2D eigenvalue weighted by Gasteiger charge is 2.38. The lowest BCUT2D eigenvalue weighted by Gasteiger charge is -2.36. The van der Waals surface area contributed by atoms with Crippen molar-refractivity contribution < 1.29 is 4.79 Å². The minimum Gasteiger partial charge on any atom is -0.324 e. The molecule has 0 bridgehead atoms. The van der Waals surface area contributed by atoms with Gasteiger partial charge in [-0.3, -0.25) is 10.1 Å². The topological polar surface area (TPSA) is 32.3 Å². The number of amides is 1. The van der Waals surface area contributed by atoms with E-state index in [-0.39, 0.29) is 6.04 Å². The molecule has 3 nitrogen and oxygen atoms in total. The SMILES string of the molecule is CCCCC1NCN(C2CCCCC2SC)C1=O. The highest BCUT2D eigenvalue weighted by Crippen LogP contribution is 2.32. The average Bonchev–Trinajstić information content (AvgIpc) is 2.77. The first-order valence-electron chi connectivity index (χ1n) is 7.34. The summed E-state index contributed by atoms with van der Waals surface area (Å²) in [5.41, 5.74) is 0. The van der Waals surface area contributed by atoms with E-state index >= 15 is 0 Å². The molecular weight excluding hydrogens is 244 g/mol. The molecule has 0 aromatic rings. The van der Waals surface area contributed by atoms with Crippen LogP contribution in [0, 0.1) is 0 Å². The number of hydrogen-bond donors (Lipinski definition) is 1. The molecule has 0 aromatic heterocycles. The number of carbonyl (C=O) groups is 1. The average molecular weight is 270 g/mol. The summed E-state index contributed by atoms with van der Waals surface area (Å²) in [6.07, 6.45) is 10.6. The number of carbonyl (C=O) groups excluding carboxylic acids is 1. The van der Waals surface area contributed by atoms with Crippen LogP contribution < -0.4 is 5.32 Å².